The molecule has 0 heterocycles. The molecule has 0 fully saturated rings. The van der Waals surface area contributed by atoms with Crippen LogP contribution in [-0.4, -0.2) is 20.6 Å². The second-order valence-electron chi connectivity index (χ2n) is 3.62. The van der Waals surface area contributed by atoms with Gasteiger partial charge in [0.05, 0.1) is 19.8 Å². The van der Waals surface area contributed by atoms with Gasteiger partial charge in [-0.3, -0.25) is 0 Å². The maximum absolute atomic E-state index is 12.9. The number of alkyl halides is 2. The van der Waals surface area contributed by atoms with E-state index in [0.29, 0.717) is 11.5 Å². The van der Waals surface area contributed by atoms with Crippen molar-refractivity contribution in [1.82, 2.24) is 0 Å². The van der Waals surface area contributed by atoms with Gasteiger partial charge in [-0.1, -0.05) is 6.07 Å². The summed E-state index contributed by atoms with van der Waals surface area (Å²) in [6, 6.07) is 4.80. The molecule has 1 rings (SSSR count). The van der Waals surface area contributed by atoms with Crippen LogP contribution >= 0.6 is 0 Å². The van der Waals surface area contributed by atoms with E-state index in [0.717, 1.165) is 0 Å². The lowest BCUT2D eigenvalue weighted by atomic mass is 9.92. The van der Waals surface area contributed by atoms with Crippen LogP contribution in [0.4, 0.5) is 8.78 Å². The van der Waals surface area contributed by atoms with Crippen LogP contribution in [-0.2, 0) is 5.54 Å². The van der Waals surface area contributed by atoms with Crippen LogP contribution in [0.15, 0.2) is 18.2 Å². The lowest BCUT2D eigenvalue weighted by Gasteiger charge is -2.27. The predicted octanol–water partition coefficient (Wildman–Crippen LogP) is 2.14. The SMILES string of the molecule is COc1cccc(OC)c1C(C)(N)C(F)F. The van der Waals surface area contributed by atoms with Crippen LogP contribution in [0.3, 0.4) is 0 Å². The maximum Gasteiger partial charge on any atom is 0.260 e. The quantitative estimate of drug-likeness (QED) is 0.863. The Labute approximate surface area is 93.2 Å². The summed E-state index contributed by atoms with van der Waals surface area (Å²) in [5.41, 5.74) is 3.99. The van der Waals surface area contributed by atoms with E-state index in [2.05, 4.69) is 0 Å². The zero-order valence-electron chi connectivity index (χ0n) is 9.46. The summed E-state index contributed by atoms with van der Waals surface area (Å²) in [4.78, 5) is 0. The number of nitrogens with two attached hydrogens (primary N) is 1. The third kappa shape index (κ3) is 2.09. The molecule has 0 aliphatic rings. The van der Waals surface area contributed by atoms with E-state index in [1.807, 2.05) is 0 Å². The summed E-state index contributed by atoms with van der Waals surface area (Å²) in [5, 5.41) is 0. The Morgan fingerprint density at radius 1 is 1.19 bits per heavy atom. The van der Waals surface area contributed by atoms with Gasteiger partial charge in [-0.05, 0) is 19.1 Å². The fourth-order valence-corrected chi connectivity index (χ4v) is 1.49. The molecule has 1 unspecified atom stereocenters. The van der Waals surface area contributed by atoms with Gasteiger partial charge in [0.25, 0.3) is 6.43 Å². The highest BCUT2D eigenvalue weighted by molar-refractivity contribution is 5.49. The molecule has 3 nitrogen and oxygen atoms in total. The van der Waals surface area contributed by atoms with E-state index < -0.39 is 12.0 Å². The highest BCUT2D eigenvalue weighted by atomic mass is 19.3. The summed E-state index contributed by atoms with van der Waals surface area (Å²) in [6.45, 7) is 1.25. The second-order valence-corrected chi connectivity index (χ2v) is 3.62. The first-order chi connectivity index (χ1) is 7.45. The zero-order chi connectivity index (χ0) is 12.3. The lowest BCUT2D eigenvalue weighted by Crippen LogP contribution is -2.41. The predicted molar refractivity (Wildman–Crippen MR) is 57.1 cm³/mol. The molecule has 0 saturated heterocycles. The molecule has 0 saturated carbocycles. The van der Waals surface area contributed by atoms with Crippen molar-refractivity contribution in [3.63, 3.8) is 0 Å². The number of benzene rings is 1. The summed E-state index contributed by atoms with van der Waals surface area (Å²) in [7, 11) is 2.81. The molecule has 1 aromatic rings. The van der Waals surface area contributed by atoms with E-state index in [1.54, 1.807) is 18.2 Å². The second kappa shape index (κ2) is 4.65. The van der Waals surface area contributed by atoms with Crippen LogP contribution in [0.1, 0.15) is 12.5 Å². The number of hydrogen-bond acceptors (Lipinski definition) is 3. The molecule has 90 valence electrons. The third-order valence-corrected chi connectivity index (χ3v) is 2.42. The van der Waals surface area contributed by atoms with Gasteiger partial charge in [0.1, 0.15) is 17.0 Å². The molecule has 0 amide bonds. The van der Waals surface area contributed by atoms with Gasteiger partial charge in [0.2, 0.25) is 0 Å². The largest absolute Gasteiger partial charge is 0.496 e. The van der Waals surface area contributed by atoms with Crippen LogP contribution in [0.2, 0.25) is 0 Å². The Bertz CT molecular complexity index is 345. The molecule has 5 heteroatoms. The number of rotatable bonds is 4. The number of ether oxygens (including phenoxy) is 2. The minimum absolute atomic E-state index is 0.176. The Morgan fingerprint density at radius 2 is 1.62 bits per heavy atom. The minimum atomic E-state index is -2.71. The molecular formula is C11H15F2NO2. The van der Waals surface area contributed by atoms with Crippen molar-refractivity contribution < 1.29 is 18.3 Å². The summed E-state index contributed by atoms with van der Waals surface area (Å²) in [6.07, 6.45) is -2.71. The van der Waals surface area contributed by atoms with Crippen molar-refractivity contribution in [2.45, 2.75) is 18.9 Å². The number of hydrogen-bond donors (Lipinski definition) is 1. The van der Waals surface area contributed by atoms with E-state index in [9.17, 15) is 8.78 Å². The first kappa shape index (κ1) is 12.7. The van der Waals surface area contributed by atoms with Crippen LogP contribution in [0, 0.1) is 0 Å². The Kier molecular flexibility index (Phi) is 3.70. The van der Waals surface area contributed by atoms with Gasteiger partial charge in [0, 0.05) is 0 Å². The van der Waals surface area contributed by atoms with Crippen LogP contribution in [0.25, 0.3) is 0 Å². The molecule has 0 radical (unpaired) electrons. The molecule has 1 aromatic carbocycles. The molecule has 2 N–H and O–H groups in total. The van der Waals surface area contributed by atoms with Crippen molar-refractivity contribution in [3.05, 3.63) is 23.8 Å². The van der Waals surface area contributed by atoms with E-state index >= 15 is 0 Å². The Hall–Kier alpha value is -1.36. The summed E-state index contributed by atoms with van der Waals surface area (Å²) in [5.74, 6) is 0.592. The van der Waals surface area contributed by atoms with Gasteiger partial charge in [-0.25, -0.2) is 8.78 Å². The topological polar surface area (TPSA) is 44.5 Å². The van der Waals surface area contributed by atoms with Gasteiger partial charge >= 0.3 is 0 Å². The molecule has 16 heavy (non-hydrogen) atoms. The van der Waals surface area contributed by atoms with Crippen molar-refractivity contribution in [2.75, 3.05) is 14.2 Å². The van der Waals surface area contributed by atoms with Gasteiger partial charge in [-0.2, -0.15) is 0 Å². The van der Waals surface area contributed by atoms with Gasteiger partial charge < -0.3 is 15.2 Å². The fraction of sp³-hybridized carbons (Fsp3) is 0.455. The molecule has 0 spiro atoms. The fourth-order valence-electron chi connectivity index (χ4n) is 1.49. The molecule has 1 atom stereocenters. The molecule has 0 aliphatic heterocycles. The number of methoxy groups -OCH3 is 2. The lowest BCUT2D eigenvalue weighted by molar-refractivity contribution is 0.0595. The van der Waals surface area contributed by atoms with E-state index in [-0.39, 0.29) is 5.56 Å². The van der Waals surface area contributed by atoms with Gasteiger partial charge in [-0.15, -0.1) is 0 Å². The normalized spacial score (nSPS) is 14.7. The maximum atomic E-state index is 12.9. The number of halogens is 2. The Morgan fingerprint density at radius 3 is 1.94 bits per heavy atom. The smallest absolute Gasteiger partial charge is 0.260 e. The van der Waals surface area contributed by atoms with E-state index in [4.69, 9.17) is 15.2 Å². The first-order valence-electron chi connectivity index (χ1n) is 4.73. The minimum Gasteiger partial charge on any atom is -0.496 e. The zero-order valence-corrected chi connectivity index (χ0v) is 9.46. The highest BCUT2D eigenvalue weighted by Crippen LogP contribution is 2.39. The molecule has 0 aromatic heterocycles. The van der Waals surface area contributed by atoms with Gasteiger partial charge in [0.15, 0.2) is 0 Å². The first-order valence-corrected chi connectivity index (χ1v) is 4.73. The molecule has 0 bridgehead atoms. The van der Waals surface area contributed by atoms with Crippen molar-refractivity contribution in [3.8, 4) is 11.5 Å². The van der Waals surface area contributed by atoms with Crippen molar-refractivity contribution >= 4 is 0 Å². The van der Waals surface area contributed by atoms with Crippen LogP contribution < -0.4 is 15.2 Å². The molecule has 0 aliphatic carbocycles. The highest BCUT2D eigenvalue weighted by Gasteiger charge is 2.37. The summed E-state index contributed by atoms with van der Waals surface area (Å²) >= 11 is 0. The average Bonchev–Trinajstić information content (AvgIpc) is 2.27. The Balaban J connectivity index is 3.39. The third-order valence-electron chi connectivity index (χ3n) is 2.42. The van der Waals surface area contributed by atoms with Crippen LogP contribution in [0.5, 0.6) is 11.5 Å². The summed E-state index contributed by atoms with van der Waals surface area (Å²) < 4.78 is 35.9. The monoisotopic (exact) mass is 231 g/mol. The van der Waals surface area contributed by atoms with Crippen molar-refractivity contribution in [1.29, 1.82) is 0 Å². The standard InChI is InChI=1S/C11H15F2NO2/c1-11(14,10(12)13)9-7(15-2)5-4-6-8(9)16-3/h4-6,10H,14H2,1-3H3. The van der Waals surface area contributed by atoms with Crippen molar-refractivity contribution in [2.24, 2.45) is 5.73 Å². The molecular weight excluding hydrogens is 216 g/mol. The van der Waals surface area contributed by atoms with E-state index in [1.165, 1.54) is 21.1 Å². The average molecular weight is 231 g/mol.